The summed E-state index contributed by atoms with van der Waals surface area (Å²) in [5, 5.41) is 0.756. The molecule has 2 atom stereocenters. The summed E-state index contributed by atoms with van der Waals surface area (Å²) < 4.78 is 11.6. The van der Waals surface area contributed by atoms with Crippen LogP contribution in [0.15, 0.2) is 18.2 Å². The van der Waals surface area contributed by atoms with Crippen molar-refractivity contribution in [3.05, 3.63) is 28.8 Å². The van der Waals surface area contributed by atoms with Gasteiger partial charge in [0.2, 0.25) is 0 Å². The fraction of sp³-hybridized carbons (Fsp3) is 0.600. The summed E-state index contributed by atoms with van der Waals surface area (Å²) in [6.45, 7) is 10.2. The van der Waals surface area contributed by atoms with Crippen molar-refractivity contribution in [3.63, 3.8) is 0 Å². The largest absolute Gasteiger partial charge is 0.487 e. The topological polar surface area (TPSA) is 22.9 Å². The summed E-state index contributed by atoms with van der Waals surface area (Å²) in [6.07, 6.45) is 0.687. The number of quaternary nitrogens is 1. The van der Waals surface area contributed by atoms with Crippen LogP contribution in [0.5, 0.6) is 5.75 Å². The molecule has 1 heterocycles. The molecule has 2 rings (SSSR count). The average molecular weight is 285 g/mol. The molecule has 0 saturated carbocycles. The molecule has 1 saturated heterocycles. The van der Waals surface area contributed by atoms with Crippen molar-refractivity contribution in [1.82, 2.24) is 0 Å². The SMILES string of the molecule is Cc1cc(Cl)ccc1OCC[NH+]1C[C@@H](C)O[C@H](C)C1. The van der Waals surface area contributed by atoms with Crippen molar-refractivity contribution in [2.75, 3.05) is 26.2 Å². The normalized spacial score (nSPS) is 27.3. The molecular weight excluding hydrogens is 262 g/mol. The van der Waals surface area contributed by atoms with Gasteiger partial charge >= 0.3 is 0 Å². The Labute approximate surface area is 120 Å². The molecule has 0 unspecified atom stereocenters. The van der Waals surface area contributed by atoms with Gasteiger partial charge in [-0.15, -0.1) is 0 Å². The first kappa shape index (κ1) is 14.6. The van der Waals surface area contributed by atoms with Crippen molar-refractivity contribution in [3.8, 4) is 5.75 Å². The number of benzene rings is 1. The molecule has 1 N–H and O–H groups in total. The van der Waals surface area contributed by atoms with Crippen molar-refractivity contribution in [2.45, 2.75) is 33.0 Å². The highest BCUT2D eigenvalue weighted by atomic mass is 35.5. The van der Waals surface area contributed by atoms with E-state index in [2.05, 4.69) is 13.8 Å². The Hall–Kier alpha value is -0.770. The minimum Gasteiger partial charge on any atom is -0.487 e. The maximum Gasteiger partial charge on any atom is 0.137 e. The predicted molar refractivity (Wildman–Crippen MR) is 77.3 cm³/mol. The van der Waals surface area contributed by atoms with Gasteiger partial charge in [-0.1, -0.05) is 11.6 Å². The summed E-state index contributed by atoms with van der Waals surface area (Å²) in [6, 6.07) is 5.75. The first-order chi connectivity index (χ1) is 9.04. The van der Waals surface area contributed by atoms with Crippen molar-refractivity contribution < 1.29 is 14.4 Å². The monoisotopic (exact) mass is 284 g/mol. The van der Waals surface area contributed by atoms with Gasteiger partial charge in [0.05, 0.1) is 0 Å². The van der Waals surface area contributed by atoms with Crippen LogP contribution in [0.3, 0.4) is 0 Å². The lowest BCUT2D eigenvalue weighted by atomic mass is 10.2. The maximum atomic E-state index is 5.93. The number of hydrogen-bond acceptors (Lipinski definition) is 2. The second-order valence-electron chi connectivity index (χ2n) is 5.42. The Bertz CT molecular complexity index is 415. The molecule has 0 radical (unpaired) electrons. The van der Waals surface area contributed by atoms with Gasteiger partial charge in [-0.3, -0.25) is 0 Å². The van der Waals surface area contributed by atoms with E-state index in [4.69, 9.17) is 21.1 Å². The van der Waals surface area contributed by atoms with Crippen LogP contribution in [0.25, 0.3) is 0 Å². The third kappa shape index (κ3) is 4.37. The molecule has 0 bridgehead atoms. The van der Waals surface area contributed by atoms with Crippen LogP contribution >= 0.6 is 11.6 Å². The number of rotatable bonds is 4. The van der Waals surface area contributed by atoms with E-state index in [9.17, 15) is 0 Å². The van der Waals surface area contributed by atoms with Crippen LogP contribution < -0.4 is 9.64 Å². The summed E-state index contributed by atoms with van der Waals surface area (Å²) in [7, 11) is 0. The van der Waals surface area contributed by atoms with Gasteiger partial charge in [0.1, 0.15) is 44.2 Å². The Morgan fingerprint density at radius 2 is 2.00 bits per heavy atom. The van der Waals surface area contributed by atoms with E-state index in [0.29, 0.717) is 12.2 Å². The van der Waals surface area contributed by atoms with Crippen molar-refractivity contribution in [1.29, 1.82) is 0 Å². The second-order valence-corrected chi connectivity index (χ2v) is 5.86. The van der Waals surface area contributed by atoms with Gasteiger partial charge in [-0.05, 0) is 44.5 Å². The molecule has 0 spiro atoms. The minimum absolute atomic E-state index is 0.344. The van der Waals surface area contributed by atoms with Crippen molar-refractivity contribution >= 4 is 11.6 Å². The van der Waals surface area contributed by atoms with E-state index in [-0.39, 0.29) is 0 Å². The molecular formula is C15H23ClNO2+. The highest BCUT2D eigenvalue weighted by Crippen LogP contribution is 2.21. The van der Waals surface area contributed by atoms with Gasteiger partial charge in [0.25, 0.3) is 0 Å². The van der Waals surface area contributed by atoms with Crippen LogP contribution in [0.1, 0.15) is 19.4 Å². The first-order valence-electron chi connectivity index (χ1n) is 6.92. The third-order valence-corrected chi connectivity index (χ3v) is 3.70. The van der Waals surface area contributed by atoms with Gasteiger partial charge in [-0.25, -0.2) is 0 Å². The van der Waals surface area contributed by atoms with Crippen LogP contribution in [0.4, 0.5) is 0 Å². The number of halogens is 1. The van der Waals surface area contributed by atoms with E-state index >= 15 is 0 Å². The molecule has 1 fully saturated rings. The number of morpholine rings is 1. The average Bonchev–Trinajstić information content (AvgIpc) is 2.30. The summed E-state index contributed by atoms with van der Waals surface area (Å²) >= 11 is 5.93. The summed E-state index contributed by atoms with van der Waals surface area (Å²) in [4.78, 5) is 1.55. The zero-order valence-corrected chi connectivity index (χ0v) is 12.7. The molecule has 1 aliphatic rings. The molecule has 3 nitrogen and oxygen atoms in total. The first-order valence-corrected chi connectivity index (χ1v) is 7.30. The van der Waals surface area contributed by atoms with Crippen molar-refractivity contribution in [2.24, 2.45) is 0 Å². The van der Waals surface area contributed by atoms with Crippen LogP contribution in [0.2, 0.25) is 5.02 Å². The standard InChI is InChI=1S/C15H22ClNO2/c1-11-8-14(16)4-5-15(11)18-7-6-17-9-12(2)19-13(3)10-17/h4-5,8,12-13H,6-7,9-10H2,1-3H3/p+1/t12-,13-/m1/s1. The fourth-order valence-electron chi connectivity index (χ4n) is 2.67. The molecule has 19 heavy (non-hydrogen) atoms. The Kier molecular flexibility index (Phi) is 5.08. The zero-order chi connectivity index (χ0) is 13.8. The zero-order valence-electron chi connectivity index (χ0n) is 11.9. The highest BCUT2D eigenvalue weighted by molar-refractivity contribution is 6.30. The predicted octanol–water partition coefficient (Wildman–Crippen LogP) is 1.72. The van der Waals surface area contributed by atoms with Crippen LogP contribution in [-0.2, 0) is 4.74 Å². The molecule has 0 aromatic heterocycles. The molecule has 4 heteroatoms. The lowest BCUT2D eigenvalue weighted by Crippen LogP contribution is -3.16. The quantitative estimate of drug-likeness (QED) is 0.910. The van der Waals surface area contributed by atoms with Crippen LogP contribution in [0, 0.1) is 6.92 Å². The molecule has 1 aliphatic heterocycles. The summed E-state index contributed by atoms with van der Waals surface area (Å²) in [5.41, 5.74) is 1.09. The second kappa shape index (κ2) is 6.60. The molecule has 0 amide bonds. The van der Waals surface area contributed by atoms with Gasteiger partial charge in [0, 0.05) is 5.02 Å². The molecule has 1 aromatic rings. The number of hydrogen-bond donors (Lipinski definition) is 1. The lowest BCUT2D eigenvalue weighted by Gasteiger charge is -2.32. The Morgan fingerprint density at radius 3 is 2.63 bits per heavy atom. The van der Waals surface area contributed by atoms with E-state index in [1.807, 2.05) is 25.1 Å². The van der Waals surface area contributed by atoms with E-state index in [0.717, 1.165) is 42.6 Å². The van der Waals surface area contributed by atoms with Crippen LogP contribution in [-0.4, -0.2) is 38.4 Å². The minimum atomic E-state index is 0.344. The maximum absolute atomic E-state index is 5.93. The fourth-order valence-corrected chi connectivity index (χ4v) is 2.90. The lowest BCUT2D eigenvalue weighted by molar-refractivity contribution is -0.915. The van der Waals surface area contributed by atoms with E-state index in [1.165, 1.54) is 0 Å². The van der Waals surface area contributed by atoms with Gasteiger partial charge < -0.3 is 14.4 Å². The summed E-state index contributed by atoms with van der Waals surface area (Å²) in [5.74, 6) is 0.929. The number of aryl methyl sites for hydroxylation is 1. The molecule has 1 aromatic carbocycles. The Balaban J connectivity index is 1.80. The third-order valence-electron chi connectivity index (χ3n) is 3.47. The van der Waals surface area contributed by atoms with Gasteiger partial charge in [0.15, 0.2) is 0 Å². The number of ether oxygens (including phenoxy) is 2. The Morgan fingerprint density at radius 1 is 1.32 bits per heavy atom. The smallest absolute Gasteiger partial charge is 0.137 e. The highest BCUT2D eigenvalue weighted by Gasteiger charge is 2.25. The molecule has 106 valence electrons. The van der Waals surface area contributed by atoms with E-state index in [1.54, 1.807) is 4.90 Å². The molecule has 0 aliphatic carbocycles. The number of nitrogens with one attached hydrogen (secondary N) is 1. The van der Waals surface area contributed by atoms with E-state index < -0.39 is 0 Å². The van der Waals surface area contributed by atoms with Gasteiger partial charge in [-0.2, -0.15) is 0 Å².